The summed E-state index contributed by atoms with van der Waals surface area (Å²) in [5.74, 6) is -1.87. The molecule has 0 aromatic carbocycles. The summed E-state index contributed by atoms with van der Waals surface area (Å²) in [4.78, 5) is 32.8. The Morgan fingerprint density at radius 1 is 1.20 bits per heavy atom. The summed E-state index contributed by atoms with van der Waals surface area (Å²) in [6.45, 7) is 3.82. The van der Waals surface area contributed by atoms with E-state index < -0.39 is 31.1 Å². The van der Waals surface area contributed by atoms with Crippen LogP contribution in [0.25, 0.3) is 0 Å². The first-order valence-electron chi connectivity index (χ1n) is 6.13. The van der Waals surface area contributed by atoms with E-state index in [0.717, 1.165) is 6.42 Å². The van der Waals surface area contributed by atoms with E-state index in [1.807, 2.05) is 19.2 Å². The lowest BCUT2D eigenvalue weighted by Crippen LogP contribution is -2.44. The second kappa shape index (κ2) is 9.27. The Bertz CT molecular complexity index is 343. The fourth-order valence-electron chi connectivity index (χ4n) is 1.22. The predicted molar refractivity (Wildman–Crippen MR) is 70.3 cm³/mol. The molecule has 0 rings (SSSR count). The Morgan fingerprint density at radius 3 is 2.40 bits per heavy atom. The van der Waals surface area contributed by atoms with Crippen molar-refractivity contribution in [2.45, 2.75) is 20.3 Å². The lowest BCUT2D eigenvalue weighted by molar-refractivity contribution is -0.143. The monoisotopic (exact) mass is 290 g/mol. The zero-order chi connectivity index (χ0) is 15.6. The Kier molecular flexibility index (Phi) is 8.49. The molecule has 0 aromatic rings. The first-order chi connectivity index (χ1) is 9.26. The van der Waals surface area contributed by atoms with Crippen LogP contribution in [0, 0.1) is 5.41 Å². The number of carboxylic acid groups (broad SMARTS) is 1. The molecule has 0 saturated carbocycles. The van der Waals surface area contributed by atoms with Gasteiger partial charge in [-0.1, -0.05) is 13.8 Å². The maximum Gasteiger partial charge on any atom is 0.329 e. The molecule has 8 heteroatoms. The quantitative estimate of drug-likeness (QED) is 0.549. The second-order valence-electron chi connectivity index (χ2n) is 5.02. The standard InChI is InChI=1S/C12H22N2O6/c1-12(2,4-5-19-3)8-13-11(18)14-9(15)6-20-7-10(16)17/h4-8H2,1-3H3,(H,16,17)(H2,13,14,15,18). The van der Waals surface area contributed by atoms with E-state index in [2.05, 4.69) is 10.1 Å². The number of imide groups is 1. The van der Waals surface area contributed by atoms with Crippen LogP contribution in [0.4, 0.5) is 4.79 Å². The number of amides is 3. The number of aliphatic carboxylic acids is 1. The number of carbonyl (C=O) groups is 3. The highest BCUT2D eigenvalue weighted by Crippen LogP contribution is 2.18. The Hall–Kier alpha value is -1.67. The molecule has 0 saturated heterocycles. The molecule has 0 aliphatic heterocycles. The molecular weight excluding hydrogens is 268 g/mol. The van der Waals surface area contributed by atoms with Crippen LogP contribution >= 0.6 is 0 Å². The third-order valence-corrected chi connectivity index (χ3v) is 2.42. The van der Waals surface area contributed by atoms with Crippen molar-refractivity contribution in [3.63, 3.8) is 0 Å². The minimum absolute atomic E-state index is 0.157. The van der Waals surface area contributed by atoms with Crippen LogP contribution in [0.2, 0.25) is 0 Å². The maximum atomic E-state index is 11.4. The van der Waals surface area contributed by atoms with Crippen molar-refractivity contribution in [3.05, 3.63) is 0 Å². The van der Waals surface area contributed by atoms with Crippen LogP contribution < -0.4 is 10.6 Å². The summed E-state index contributed by atoms with van der Waals surface area (Å²) in [6, 6.07) is -0.639. The molecule has 0 fully saturated rings. The number of nitrogens with one attached hydrogen (secondary N) is 2. The van der Waals surface area contributed by atoms with Crippen molar-refractivity contribution < 1.29 is 29.0 Å². The molecule has 0 aromatic heterocycles. The van der Waals surface area contributed by atoms with Crippen molar-refractivity contribution in [3.8, 4) is 0 Å². The molecule has 116 valence electrons. The predicted octanol–water partition coefficient (Wildman–Crippen LogP) is -0.0239. The van der Waals surface area contributed by atoms with Gasteiger partial charge in [-0.05, 0) is 11.8 Å². The van der Waals surface area contributed by atoms with Crippen molar-refractivity contribution in [2.75, 3.05) is 33.5 Å². The summed E-state index contributed by atoms with van der Waals surface area (Å²) in [5, 5.41) is 12.9. The van der Waals surface area contributed by atoms with Gasteiger partial charge in [0.25, 0.3) is 5.91 Å². The van der Waals surface area contributed by atoms with Crippen LogP contribution in [-0.2, 0) is 19.1 Å². The largest absolute Gasteiger partial charge is 0.480 e. The second-order valence-corrected chi connectivity index (χ2v) is 5.02. The lowest BCUT2D eigenvalue weighted by Gasteiger charge is -2.24. The molecule has 0 unspecified atom stereocenters. The average Bonchev–Trinajstić information content (AvgIpc) is 2.34. The third kappa shape index (κ3) is 10.3. The third-order valence-electron chi connectivity index (χ3n) is 2.42. The van der Waals surface area contributed by atoms with E-state index >= 15 is 0 Å². The number of rotatable bonds is 9. The van der Waals surface area contributed by atoms with Crippen LogP contribution in [0.15, 0.2) is 0 Å². The average molecular weight is 290 g/mol. The molecule has 0 atom stereocenters. The number of ether oxygens (including phenoxy) is 2. The molecule has 3 N–H and O–H groups in total. The molecule has 0 radical (unpaired) electrons. The van der Waals surface area contributed by atoms with E-state index in [9.17, 15) is 14.4 Å². The van der Waals surface area contributed by atoms with Gasteiger partial charge in [-0.3, -0.25) is 10.1 Å². The van der Waals surface area contributed by atoms with Crippen LogP contribution in [0.5, 0.6) is 0 Å². The highest BCUT2D eigenvalue weighted by molar-refractivity contribution is 5.94. The maximum absolute atomic E-state index is 11.4. The van der Waals surface area contributed by atoms with E-state index in [0.29, 0.717) is 13.2 Å². The van der Waals surface area contributed by atoms with Gasteiger partial charge in [0.05, 0.1) is 0 Å². The SMILES string of the molecule is COCCC(C)(C)CNC(=O)NC(=O)COCC(=O)O. The topological polar surface area (TPSA) is 114 Å². The van der Waals surface area contributed by atoms with Gasteiger partial charge in [0.15, 0.2) is 0 Å². The molecule has 0 aliphatic carbocycles. The first kappa shape index (κ1) is 18.3. The Morgan fingerprint density at radius 2 is 1.85 bits per heavy atom. The van der Waals surface area contributed by atoms with Gasteiger partial charge in [0, 0.05) is 20.3 Å². The zero-order valence-electron chi connectivity index (χ0n) is 12.0. The minimum atomic E-state index is -1.18. The van der Waals surface area contributed by atoms with E-state index in [1.165, 1.54) is 0 Å². The molecule has 0 aliphatic rings. The van der Waals surface area contributed by atoms with Gasteiger partial charge in [0.2, 0.25) is 0 Å². The van der Waals surface area contributed by atoms with Crippen LogP contribution in [0.1, 0.15) is 20.3 Å². The number of hydrogen-bond donors (Lipinski definition) is 3. The van der Waals surface area contributed by atoms with Crippen molar-refractivity contribution >= 4 is 17.9 Å². The molecule has 0 bridgehead atoms. The van der Waals surface area contributed by atoms with Gasteiger partial charge in [-0.15, -0.1) is 0 Å². The summed E-state index contributed by atoms with van der Waals surface area (Å²) in [7, 11) is 1.60. The van der Waals surface area contributed by atoms with Crippen LogP contribution in [-0.4, -0.2) is 56.5 Å². The molecule has 3 amide bonds. The van der Waals surface area contributed by atoms with E-state index in [1.54, 1.807) is 7.11 Å². The zero-order valence-corrected chi connectivity index (χ0v) is 12.0. The summed E-state index contributed by atoms with van der Waals surface area (Å²) >= 11 is 0. The number of methoxy groups -OCH3 is 1. The number of urea groups is 1. The smallest absolute Gasteiger partial charge is 0.329 e. The lowest BCUT2D eigenvalue weighted by atomic mass is 9.90. The van der Waals surface area contributed by atoms with Gasteiger partial charge in [0.1, 0.15) is 13.2 Å². The first-order valence-corrected chi connectivity index (χ1v) is 6.13. The van der Waals surface area contributed by atoms with E-state index in [-0.39, 0.29) is 5.41 Å². The number of carbonyl (C=O) groups excluding carboxylic acids is 2. The summed E-state index contributed by atoms with van der Waals surface area (Å²) < 4.78 is 9.51. The summed E-state index contributed by atoms with van der Waals surface area (Å²) in [6.07, 6.45) is 0.763. The van der Waals surface area contributed by atoms with Gasteiger partial charge >= 0.3 is 12.0 Å². The van der Waals surface area contributed by atoms with Gasteiger partial charge in [-0.2, -0.15) is 0 Å². The Balaban J connectivity index is 3.87. The summed E-state index contributed by atoms with van der Waals surface area (Å²) in [5.41, 5.74) is -0.157. The molecular formula is C12H22N2O6. The molecule has 20 heavy (non-hydrogen) atoms. The number of hydrogen-bond acceptors (Lipinski definition) is 5. The van der Waals surface area contributed by atoms with Crippen molar-refractivity contribution in [2.24, 2.45) is 5.41 Å². The molecule has 0 heterocycles. The normalized spacial score (nSPS) is 10.9. The fraction of sp³-hybridized carbons (Fsp3) is 0.750. The van der Waals surface area contributed by atoms with Crippen LogP contribution in [0.3, 0.4) is 0 Å². The van der Waals surface area contributed by atoms with Crippen molar-refractivity contribution in [1.29, 1.82) is 0 Å². The van der Waals surface area contributed by atoms with Gasteiger partial charge < -0.3 is 19.9 Å². The molecule has 0 spiro atoms. The molecule has 8 nitrogen and oxygen atoms in total. The highest BCUT2D eigenvalue weighted by atomic mass is 16.5. The van der Waals surface area contributed by atoms with Gasteiger partial charge in [-0.25, -0.2) is 9.59 Å². The Labute approximate surface area is 117 Å². The number of carboxylic acids is 1. The fourth-order valence-corrected chi connectivity index (χ4v) is 1.22. The minimum Gasteiger partial charge on any atom is -0.480 e. The van der Waals surface area contributed by atoms with Crippen molar-refractivity contribution in [1.82, 2.24) is 10.6 Å². The highest BCUT2D eigenvalue weighted by Gasteiger charge is 2.19. The van der Waals surface area contributed by atoms with E-state index in [4.69, 9.17) is 9.84 Å².